The predicted octanol–water partition coefficient (Wildman–Crippen LogP) is 3.92. The highest BCUT2D eigenvalue weighted by molar-refractivity contribution is 6.35. The highest BCUT2D eigenvalue weighted by atomic mass is 16.2. The molecule has 2 saturated heterocycles. The van der Waals surface area contributed by atoms with Crippen LogP contribution in [0, 0.1) is 46.3 Å². The molecule has 8 amide bonds. The van der Waals surface area contributed by atoms with E-state index in [9.17, 15) is 47.9 Å². The summed E-state index contributed by atoms with van der Waals surface area (Å²) in [5.41, 5.74) is -0.326. The van der Waals surface area contributed by atoms with Crippen LogP contribution in [0.3, 0.4) is 0 Å². The Kier molecular flexibility index (Phi) is 18.4. The van der Waals surface area contributed by atoms with Gasteiger partial charge in [-0.1, -0.05) is 114 Å². The molecule has 2 heterocycles. The lowest BCUT2D eigenvalue weighted by Gasteiger charge is -2.37. The number of anilines is 2. The number of likely N-dealkylation sites (N-methyl/N-ethyl adjacent to an activating group) is 2. The van der Waals surface area contributed by atoms with Gasteiger partial charge in [-0.3, -0.25) is 47.9 Å². The van der Waals surface area contributed by atoms with Gasteiger partial charge < -0.3 is 52.3 Å². The number of likely N-dealkylation sites (tertiary alicyclic amines) is 2. The molecule has 2 aliphatic carbocycles. The lowest BCUT2D eigenvalue weighted by atomic mass is 9.74. The largest absolute Gasteiger partial charge is 0.344 e. The fourth-order valence-corrected chi connectivity index (χ4v) is 12.9. The van der Waals surface area contributed by atoms with E-state index in [0.717, 1.165) is 21.5 Å². The van der Waals surface area contributed by atoms with E-state index in [1.165, 1.54) is 4.90 Å². The van der Waals surface area contributed by atoms with E-state index >= 15 is 0 Å². The average molecular weight is 1130 g/mol. The van der Waals surface area contributed by atoms with Gasteiger partial charge in [0, 0.05) is 53.0 Å². The van der Waals surface area contributed by atoms with Crippen LogP contribution in [0.4, 0.5) is 11.4 Å². The smallest absolute Gasteiger partial charge is 0.309 e. The second-order valence-corrected chi connectivity index (χ2v) is 24.8. The first-order valence-corrected chi connectivity index (χ1v) is 28.6. The molecule has 2 saturated carbocycles. The standard InChI is InChI=1S/C62H80N10O10/c1-33(63-9)54(76)69-52(61(3,4)5)51(75)40-26-25-39-41(29-42(49(39)40)56(78)67-44-23-15-19-35-17-11-13-21-37(35)44)47(73)30-65-58(80)59(81)66-31-48(74)72-32-43(57(79)68-45-24-16-20-36-18-12-14-22-38(36)45)50-46(72)27-28-71(50)60(82)53(62(6,7)8)70-55(77)34(2)64-10/h11-24,33-34,39-43,46,49-50,52-53,63-64H,25-32H2,1-10H3,(H,65,80)(H,66,81)(H,67,78)(H,68,79)(H,69,76)(H,70,77)/t33-,34+,39-,40?,41?,42-,43-,46+,49+,50+,52+,53+/m0/s1. The summed E-state index contributed by atoms with van der Waals surface area (Å²) in [6.07, 6.45) is 1.18. The van der Waals surface area contributed by atoms with Crippen LogP contribution < -0.4 is 42.5 Å². The van der Waals surface area contributed by atoms with E-state index in [1.807, 2.05) is 114 Å². The van der Waals surface area contributed by atoms with Gasteiger partial charge in [0.25, 0.3) is 0 Å². The number of ketones is 2. The molecule has 0 bridgehead atoms. The minimum atomic E-state index is -1.18. The SMILES string of the molecule is CN[C@@H](C)C(=O)N[C@H](C(=O)C1CC[C@H]2C(C(=O)CNC(=O)C(=O)NCC(=O)N3C[C@H](C(=O)Nc4cccc5ccccc45)[C@@H]4[C@H]3CCN4C(=O)[C@@H](NC(=O)[C@@H](C)NC)C(C)(C)C)C[C@H](C(=O)Nc3cccc4ccccc34)[C@@H]12)C(C)(C)C. The molecule has 4 aliphatic rings. The second-order valence-electron chi connectivity index (χ2n) is 24.8. The molecule has 2 aliphatic heterocycles. The zero-order valence-corrected chi connectivity index (χ0v) is 48.6. The molecule has 20 heteroatoms. The fourth-order valence-electron chi connectivity index (χ4n) is 12.9. The molecule has 20 nitrogen and oxygen atoms in total. The number of carbonyl (C=O) groups excluding carboxylic acids is 10. The summed E-state index contributed by atoms with van der Waals surface area (Å²) in [7, 11) is 3.29. The quantitative estimate of drug-likeness (QED) is 0.0659. The van der Waals surface area contributed by atoms with Crippen LogP contribution in [0.1, 0.15) is 81.1 Å². The van der Waals surface area contributed by atoms with Crippen LogP contribution in [0.15, 0.2) is 84.9 Å². The third-order valence-corrected chi connectivity index (χ3v) is 17.6. The molecule has 12 atom stereocenters. The van der Waals surface area contributed by atoms with E-state index in [-0.39, 0.29) is 43.0 Å². The van der Waals surface area contributed by atoms with Crippen LogP contribution >= 0.6 is 0 Å². The molecule has 8 rings (SSSR count). The van der Waals surface area contributed by atoms with E-state index in [0.29, 0.717) is 30.6 Å². The zero-order valence-electron chi connectivity index (χ0n) is 48.6. The number of benzene rings is 4. The van der Waals surface area contributed by atoms with Gasteiger partial charge in [0.1, 0.15) is 6.04 Å². The molecule has 0 aromatic heterocycles. The number of amides is 8. The maximum atomic E-state index is 14.8. The minimum Gasteiger partial charge on any atom is -0.344 e. The van der Waals surface area contributed by atoms with Crippen molar-refractivity contribution in [2.24, 2.45) is 46.3 Å². The van der Waals surface area contributed by atoms with Crippen molar-refractivity contribution in [2.75, 3.05) is 50.9 Å². The van der Waals surface area contributed by atoms with E-state index in [4.69, 9.17) is 0 Å². The normalized spacial score (nSPS) is 23.6. The molecule has 2 unspecified atom stereocenters. The number of nitrogens with one attached hydrogen (secondary N) is 8. The fraction of sp³-hybridized carbons (Fsp3) is 0.516. The van der Waals surface area contributed by atoms with Crippen molar-refractivity contribution in [3.8, 4) is 0 Å². The molecule has 8 N–H and O–H groups in total. The Morgan fingerprint density at radius 3 is 1.60 bits per heavy atom. The first-order valence-electron chi connectivity index (χ1n) is 28.6. The summed E-state index contributed by atoms with van der Waals surface area (Å²) in [5, 5.41) is 26.1. The van der Waals surface area contributed by atoms with Gasteiger partial charge >= 0.3 is 11.8 Å². The summed E-state index contributed by atoms with van der Waals surface area (Å²) in [4.78, 5) is 144. The van der Waals surface area contributed by atoms with Crippen molar-refractivity contribution in [1.29, 1.82) is 0 Å². The monoisotopic (exact) mass is 1120 g/mol. The molecular formula is C62H80N10O10. The van der Waals surface area contributed by atoms with E-state index in [1.54, 1.807) is 45.0 Å². The van der Waals surface area contributed by atoms with Crippen molar-refractivity contribution in [1.82, 2.24) is 41.7 Å². The number of hydrogen-bond donors (Lipinski definition) is 8. The van der Waals surface area contributed by atoms with Crippen molar-refractivity contribution in [2.45, 2.75) is 117 Å². The molecule has 82 heavy (non-hydrogen) atoms. The highest BCUT2D eigenvalue weighted by Crippen LogP contribution is 2.55. The van der Waals surface area contributed by atoms with E-state index < -0.39 is 131 Å². The summed E-state index contributed by atoms with van der Waals surface area (Å²) in [6.45, 7) is 13.3. The van der Waals surface area contributed by atoms with Gasteiger partial charge in [-0.25, -0.2) is 0 Å². The Bertz CT molecular complexity index is 2930. The van der Waals surface area contributed by atoms with Crippen molar-refractivity contribution >= 4 is 91.7 Å². The molecule has 4 aromatic carbocycles. The molecule has 4 fully saturated rings. The number of Topliss-reactive ketones (excluding diaryl/α,β-unsaturated/α-hetero) is 2. The van der Waals surface area contributed by atoms with Crippen LogP contribution in [0.2, 0.25) is 0 Å². The maximum absolute atomic E-state index is 14.8. The predicted molar refractivity (Wildman–Crippen MR) is 311 cm³/mol. The van der Waals surface area contributed by atoms with Crippen LogP contribution in [-0.4, -0.2) is 145 Å². The lowest BCUT2D eigenvalue weighted by molar-refractivity contribution is -0.142. The number of hydrogen-bond acceptors (Lipinski definition) is 12. The molecule has 0 spiro atoms. The zero-order chi connectivity index (χ0) is 59.5. The Balaban J connectivity index is 0.957. The third kappa shape index (κ3) is 12.7. The van der Waals surface area contributed by atoms with Crippen LogP contribution in [-0.2, 0) is 47.9 Å². The molecular weight excluding hydrogens is 1040 g/mol. The number of carbonyl (C=O) groups is 10. The number of nitrogens with zero attached hydrogens (tertiary/aromatic N) is 2. The van der Waals surface area contributed by atoms with Crippen LogP contribution in [0.25, 0.3) is 21.5 Å². The van der Waals surface area contributed by atoms with Gasteiger partial charge in [-0.2, -0.15) is 0 Å². The summed E-state index contributed by atoms with van der Waals surface area (Å²) < 4.78 is 0. The minimum absolute atomic E-state index is 0.0808. The third-order valence-electron chi connectivity index (χ3n) is 17.6. The van der Waals surface area contributed by atoms with E-state index in [2.05, 4.69) is 42.5 Å². The number of fused-ring (bicyclic) bond motifs is 4. The maximum Gasteiger partial charge on any atom is 0.309 e. The van der Waals surface area contributed by atoms with Gasteiger partial charge in [-0.05, 0) is 99.2 Å². The Morgan fingerprint density at radius 2 is 1.06 bits per heavy atom. The summed E-state index contributed by atoms with van der Waals surface area (Å²) in [6, 6.07) is 21.7. The first-order chi connectivity index (χ1) is 38.8. The molecule has 4 aromatic rings. The summed E-state index contributed by atoms with van der Waals surface area (Å²) >= 11 is 0. The Labute approximate surface area is 479 Å². The van der Waals surface area contributed by atoms with Crippen LogP contribution in [0.5, 0.6) is 0 Å². The van der Waals surface area contributed by atoms with Crippen molar-refractivity contribution < 1.29 is 47.9 Å². The van der Waals surface area contributed by atoms with Crippen molar-refractivity contribution in [3.63, 3.8) is 0 Å². The summed E-state index contributed by atoms with van der Waals surface area (Å²) in [5.74, 6) is -9.70. The van der Waals surface area contributed by atoms with Gasteiger partial charge in [-0.15, -0.1) is 0 Å². The first kappa shape index (κ1) is 60.5. The van der Waals surface area contributed by atoms with Gasteiger partial charge in [0.15, 0.2) is 11.6 Å². The molecule has 438 valence electrons. The second kappa shape index (κ2) is 24.9. The Hall–Kier alpha value is -7.58. The molecule has 0 radical (unpaired) electrons. The van der Waals surface area contributed by atoms with Crippen molar-refractivity contribution in [3.05, 3.63) is 84.9 Å². The topological polar surface area (TPSA) is 273 Å². The Morgan fingerprint density at radius 1 is 0.561 bits per heavy atom. The number of rotatable bonds is 18. The lowest BCUT2D eigenvalue weighted by Crippen LogP contribution is -2.59. The van der Waals surface area contributed by atoms with Gasteiger partial charge in [0.05, 0.1) is 49.2 Å². The van der Waals surface area contributed by atoms with Gasteiger partial charge in [0.2, 0.25) is 35.4 Å². The average Bonchev–Trinajstić information content (AvgIpc) is 4.37. The highest BCUT2D eigenvalue weighted by Gasteiger charge is 2.58.